The molecule has 0 saturated heterocycles. The molecular formula is C14H14F3N3. The second-order valence-corrected chi connectivity index (χ2v) is 4.87. The van der Waals surface area contributed by atoms with Crippen LogP contribution in [0.3, 0.4) is 0 Å². The third-order valence-electron chi connectivity index (χ3n) is 3.64. The standard InChI is InChI=1S/C14H14F3N3/c15-14(16,17)13-10-5-3-7-12(10)20(19-13)11-6-2-1-4-9(11)8-18/h1-2,4,6H,3,5,7-8,18H2. The molecular weight excluding hydrogens is 267 g/mol. The number of para-hydroxylation sites is 1. The Hall–Kier alpha value is -1.82. The van der Waals surface area contributed by atoms with E-state index in [-0.39, 0.29) is 6.54 Å². The minimum Gasteiger partial charge on any atom is -0.326 e. The number of alkyl halides is 3. The lowest BCUT2D eigenvalue weighted by molar-refractivity contribution is -0.141. The van der Waals surface area contributed by atoms with Gasteiger partial charge in [-0.05, 0) is 30.9 Å². The summed E-state index contributed by atoms with van der Waals surface area (Å²) in [6, 6.07) is 7.17. The van der Waals surface area contributed by atoms with Crippen LogP contribution >= 0.6 is 0 Å². The van der Waals surface area contributed by atoms with Gasteiger partial charge in [0.15, 0.2) is 5.69 Å². The highest BCUT2D eigenvalue weighted by atomic mass is 19.4. The lowest BCUT2D eigenvalue weighted by Gasteiger charge is -2.10. The zero-order valence-corrected chi connectivity index (χ0v) is 10.7. The summed E-state index contributed by atoms with van der Waals surface area (Å²) < 4.78 is 40.6. The number of halogens is 3. The maximum absolute atomic E-state index is 13.1. The molecule has 3 nitrogen and oxygen atoms in total. The molecule has 0 radical (unpaired) electrons. The van der Waals surface area contributed by atoms with Crippen LogP contribution in [-0.4, -0.2) is 9.78 Å². The van der Waals surface area contributed by atoms with Gasteiger partial charge in [-0.3, -0.25) is 0 Å². The number of rotatable bonds is 2. The van der Waals surface area contributed by atoms with Crippen LogP contribution < -0.4 is 5.73 Å². The zero-order valence-electron chi connectivity index (χ0n) is 10.7. The fourth-order valence-electron chi connectivity index (χ4n) is 2.75. The molecule has 0 spiro atoms. The van der Waals surface area contributed by atoms with E-state index in [2.05, 4.69) is 5.10 Å². The Labute approximate surface area is 114 Å². The first-order chi connectivity index (χ1) is 9.52. The predicted molar refractivity (Wildman–Crippen MR) is 68.5 cm³/mol. The van der Waals surface area contributed by atoms with Crippen molar-refractivity contribution in [2.45, 2.75) is 32.0 Å². The van der Waals surface area contributed by atoms with E-state index < -0.39 is 11.9 Å². The van der Waals surface area contributed by atoms with Gasteiger partial charge in [0.25, 0.3) is 0 Å². The van der Waals surface area contributed by atoms with Crippen molar-refractivity contribution in [1.82, 2.24) is 9.78 Å². The van der Waals surface area contributed by atoms with Crippen molar-refractivity contribution in [1.29, 1.82) is 0 Å². The summed E-state index contributed by atoms with van der Waals surface area (Å²) in [7, 11) is 0. The van der Waals surface area contributed by atoms with Crippen LogP contribution in [0.25, 0.3) is 5.69 Å². The molecule has 20 heavy (non-hydrogen) atoms. The summed E-state index contributed by atoms with van der Waals surface area (Å²) >= 11 is 0. The number of aromatic nitrogens is 2. The molecule has 0 amide bonds. The average molecular weight is 281 g/mol. The lowest BCUT2D eigenvalue weighted by Crippen LogP contribution is -2.11. The second-order valence-electron chi connectivity index (χ2n) is 4.87. The van der Waals surface area contributed by atoms with Crippen molar-refractivity contribution >= 4 is 0 Å². The predicted octanol–water partition coefficient (Wildman–Crippen LogP) is 2.84. The summed E-state index contributed by atoms with van der Waals surface area (Å²) in [4.78, 5) is 0. The van der Waals surface area contributed by atoms with Crippen molar-refractivity contribution in [3.63, 3.8) is 0 Å². The molecule has 1 heterocycles. The smallest absolute Gasteiger partial charge is 0.326 e. The molecule has 0 saturated carbocycles. The Kier molecular flexibility index (Phi) is 3.05. The van der Waals surface area contributed by atoms with Crippen molar-refractivity contribution in [3.8, 4) is 5.69 Å². The molecule has 2 N–H and O–H groups in total. The number of fused-ring (bicyclic) bond motifs is 1. The topological polar surface area (TPSA) is 43.8 Å². The van der Waals surface area contributed by atoms with Crippen LogP contribution in [0, 0.1) is 0 Å². The maximum atomic E-state index is 13.1. The minimum absolute atomic E-state index is 0.270. The van der Waals surface area contributed by atoms with Crippen molar-refractivity contribution in [2.75, 3.05) is 0 Å². The number of hydrogen-bond donors (Lipinski definition) is 1. The van der Waals surface area contributed by atoms with Gasteiger partial charge >= 0.3 is 6.18 Å². The molecule has 1 aliphatic carbocycles. The molecule has 6 heteroatoms. The summed E-state index contributed by atoms with van der Waals surface area (Å²) in [5.41, 5.74) is 7.34. The maximum Gasteiger partial charge on any atom is 0.435 e. The highest BCUT2D eigenvalue weighted by Gasteiger charge is 2.40. The van der Waals surface area contributed by atoms with Crippen molar-refractivity contribution in [2.24, 2.45) is 5.73 Å². The lowest BCUT2D eigenvalue weighted by atomic mass is 10.1. The van der Waals surface area contributed by atoms with Crippen LogP contribution in [-0.2, 0) is 25.6 Å². The van der Waals surface area contributed by atoms with Crippen LogP contribution in [0.2, 0.25) is 0 Å². The van der Waals surface area contributed by atoms with Crippen LogP contribution in [0.5, 0.6) is 0 Å². The Morgan fingerprint density at radius 2 is 1.95 bits per heavy atom. The van der Waals surface area contributed by atoms with Gasteiger partial charge in [0.2, 0.25) is 0 Å². The van der Waals surface area contributed by atoms with Gasteiger partial charge in [-0.15, -0.1) is 0 Å². The fourth-order valence-corrected chi connectivity index (χ4v) is 2.75. The number of hydrogen-bond acceptors (Lipinski definition) is 2. The first-order valence-corrected chi connectivity index (χ1v) is 6.48. The first kappa shape index (κ1) is 13.2. The number of benzene rings is 1. The molecule has 0 bridgehead atoms. The van der Waals surface area contributed by atoms with Gasteiger partial charge in [0.05, 0.1) is 5.69 Å². The molecule has 0 atom stereocenters. The summed E-state index contributed by atoms with van der Waals surface area (Å²) in [5.74, 6) is 0. The van der Waals surface area contributed by atoms with Crippen LogP contribution in [0.4, 0.5) is 13.2 Å². The third kappa shape index (κ3) is 2.00. The Morgan fingerprint density at radius 1 is 1.20 bits per heavy atom. The molecule has 2 aromatic rings. The normalized spacial score (nSPS) is 14.6. The van der Waals surface area contributed by atoms with Gasteiger partial charge < -0.3 is 5.73 Å². The van der Waals surface area contributed by atoms with Crippen LogP contribution in [0.15, 0.2) is 24.3 Å². The second kappa shape index (κ2) is 4.63. The van der Waals surface area contributed by atoms with Gasteiger partial charge in [0, 0.05) is 17.8 Å². The van der Waals surface area contributed by atoms with E-state index in [1.807, 2.05) is 12.1 Å². The largest absolute Gasteiger partial charge is 0.435 e. The summed E-state index contributed by atoms with van der Waals surface area (Å²) in [5, 5.41) is 3.82. The molecule has 1 aromatic heterocycles. The molecule has 3 rings (SSSR count). The number of nitrogens with two attached hydrogens (primary N) is 1. The van der Waals surface area contributed by atoms with Gasteiger partial charge in [-0.25, -0.2) is 4.68 Å². The zero-order chi connectivity index (χ0) is 14.3. The first-order valence-electron chi connectivity index (χ1n) is 6.48. The SMILES string of the molecule is NCc1ccccc1-n1nc(C(F)(F)F)c2c1CCC2. The fraction of sp³-hybridized carbons (Fsp3) is 0.357. The van der Waals surface area contributed by atoms with Crippen molar-refractivity contribution < 1.29 is 13.2 Å². The highest BCUT2D eigenvalue weighted by molar-refractivity contribution is 5.45. The quantitative estimate of drug-likeness (QED) is 0.920. The van der Waals surface area contributed by atoms with E-state index >= 15 is 0 Å². The van der Waals surface area contributed by atoms with E-state index in [4.69, 9.17) is 5.73 Å². The molecule has 0 fully saturated rings. The third-order valence-corrected chi connectivity index (χ3v) is 3.64. The Bertz CT molecular complexity index is 644. The van der Waals surface area contributed by atoms with Crippen molar-refractivity contribution in [3.05, 3.63) is 46.8 Å². The molecule has 1 aliphatic rings. The average Bonchev–Trinajstić information content (AvgIpc) is 2.98. The Morgan fingerprint density at radius 3 is 2.65 bits per heavy atom. The minimum atomic E-state index is -4.41. The van der Waals surface area contributed by atoms with E-state index in [0.717, 1.165) is 12.0 Å². The van der Waals surface area contributed by atoms with Gasteiger partial charge in [-0.2, -0.15) is 18.3 Å². The molecule has 0 aliphatic heterocycles. The Balaban J connectivity index is 2.21. The number of nitrogens with zero attached hydrogens (tertiary/aromatic N) is 2. The molecule has 106 valence electrons. The van der Waals surface area contributed by atoms with Gasteiger partial charge in [-0.1, -0.05) is 18.2 Å². The van der Waals surface area contributed by atoms with E-state index in [1.165, 1.54) is 4.68 Å². The molecule has 0 unspecified atom stereocenters. The monoisotopic (exact) mass is 281 g/mol. The highest BCUT2D eigenvalue weighted by Crippen LogP contribution is 2.37. The van der Waals surface area contributed by atoms with E-state index in [9.17, 15) is 13.2 Å². The van der Waals surface area contributed by atoms with Gasteiger partial charge in [0.1, 0.15) is 0 Å². The summed E-state index contributed by atoms with van der Waals surface area (Å²) in [6.07, 6.45) is -2.61. The summed E-state index contributed by atoms with van der Waals surface area (Å²) in [6.45, 7) is 0.270. The van der Waals surface area contributed by atoms with E-state index in [1.54, 1.807) is 12.1 Å². The molecule has 1 aromatic carbocycles. The van der Waals surface area contributed by atoms with Crippen LogP contribution in [0.1, 0.15) is 28.9 Å². The van der Waals surface area contributed by atoms with E-state index in [0.29, 0.717) is 29.8 Å².